The second-order valence-electron chi connectivity index (χ2n) is 6.44. The minimum Gasteiger partial charge on any atom is -0.325 e. The van der Waals surface area contributed by atoms with Crippen LogP contribution < -0.4 is 5.32 Å². The van der Waals surface area contributed by atoms with Crippen LogP contribution in [0.2, 0.25) is 0 Å². The number of carbonyl (C=O) groups excluding carboxylic acids is 1. The molecule has 0 spiro atoms. The Labute approximate surface area is 146 Å². The molecule has 2 aromatic carbocycles. The molecule has 1 atom stereocenters. The summed E-state index contributed by atoms with van der Waals surface area (Å²) in [6.45, 7) is 0. The highest BCUT2D eigenvalue weighted by Crippen LogP contribution is 2.33. The van der Waals surface area contributed by atoms with Crippen molar-refractivity contribution in [1.29, 1.82) is 0 Å². The largest absolute Gasteiger partial charge is 0.325 e. The molecular weight excluding hydrogens is 312 g/mol. The van der Waals surface area contributed by atoms with E-state index < -0.39 is 0 Å². The van der Waals surface area contributed by atoms with Gasteiger partial charge in [0.1, 0.15) is 6.33 Å². The van der Waals surface area contributed by atoms with E-state index in [-0.39, 0.29) is 11.8 Å². The maximum Gasteiger partial charge on any atom is 0.231 e. The Morgan fingerprint density at radius 3 is 2.80 bits per heavy atom. The molecule has 1 unspecified atom stereocenters. The van der Waals surface area contributed by atoms with E-state index in [1.165, 1.54) is 5.56 Å². The first-order valence-corrected chi connectivity index (χ1v) is 8.56. The molecule has 5 nitrogen and oxygen atoms in total. The molecule has 1 amide bonds. The van der Waals surface area contributed by atoms with Gasteiger partial charge >= 0.3 is 0 Å². The number of benzene rings is 2. The van der Waals surface area contributed by atoms with Crippen LogP contribution in [-0.4, -0.2) is 20.7 Å². The minimum absolute atomic E-state index is 0.0433. The summed E-state index contributed by atoms with van der Waals surface area (Å²) < 4.78 is 1.85. The van der Waals surface area contributed by atoms with Gasteiger partial charge in [-0.3, -0.25) is 4.79 Å². The Balaban J connectivity index is 1.64. The fourth-order valence-corrected chi connectivity index (χ4v) is 3.56. The number of rotatable bonds is 3. The maximum atomic E-state index is 13.0. The zero-order valence-electron chi connectivity index (χ0n) is 14.1. The first kappa shape index (κ1) is 15.6. The summed E-state index contributed by atoms with van der Waals surface area (Å²) in [4.78, 5) is 13.0. The average Bonchev–Trinajstić information content (AvgIpc) is 3.07. The molecule has 5 heteroatoms. The van der Waals surface area contributed by atoms with Gasteiger partial charge in [0.25, 0.3) is 0 Å². The zero-order valence-corrected chi connectivity index (χ0v) is 14.1. The molecule has 0 radical (unpaired) electrons. The maximum absolute atomic E-state index is 13.0. The Bertz CT molecular complexity index is 915. The number of amides is 1. The molecule has 1 aliphatic carbocycles. The quantitative estimate of drug-likeness (QED) is 0.798. The predicted molar refractivity (Wildman–Crippen MR) is 97.2 cm³/mol. The lowest BCUT2D eigenvalue weighted by Gasteiger charge is -2.25. The lowest BCUT2D eigenvalue weighted by molar-refractivity contribution is -0.117. The first-order valence-electron chi connectivity index (χ1n) is 8.56. The van der Waals surface area contributed by atoms with Gasteiger partial charge in [0.2, 0.25) is 5.91 Å². The molecule has 0 saturated carbocycles. The molecular formula is C20H20N4O. The van der Waals surface area contributed by atoms with Gasteiger partial charge in [-0.1, -0.05) is 36.4 Å². The van der Waals surface area contributed by atoms with Gasteiger partial charge in [-0.05, 0) is 42.5 Å². The van der Waals surface area contributed by atoms with Crippen LogP contribution in [0.4, 0.5) is 5.69 Å². The molecule has 0 saturated heterocycles. The predicted octanol–water partition coefficient (Wildman–Crippen LogP) is 3.54. The smallest absolute Gasteiger partial charge is 0.231 e. The second kappa shape index (κ2) is 6.51. The molecule has 0 bridgehead atoms. The molecule has 1 N–H and O–H groups in total. The number of para-hydroxylation sites is 1. The SMILES string of the molecule is Cn1cnnc1-c1ccccc1NC(=O)C1CCCc2ccccc21. The topological polar surface area (TPSA) is 59.8 Å². The fraction of sp³-hybridized carbons (Fsp3) is 0.250. The van der Waals surface area contributed by atoms with Gasteiger partial charge in [-0.2, -0.15) is 0 Å². The lowest BCUT2D eigenvalue weighted by atomic mass is 9.82. The summed E-state index contributed by atoms with van der Waals surface area (Å²) >= 11 is 0. The van der Waals surface area contributed by atoms with E-state index in [2.05, 4.69) is 27.6 Å². The van der Waals surface area contributed by atoms with Crippen molar-refractivity contribution in [1.82, 2.24) is 14.8 Å². The third-order valence-electron chi connectivity index (χ3n) is 4.82. The number of hydrogen-bond donors (Lipinski definition) is 1. The molecule has 1 heterocycles. The number of carbonyl (C=O) groups is 1. The van der Waals surface area contributed by atoms with E-state index in [0.717, 1.165) is 41.9 Å². The second-order valence-corrected chi connectivity index (χ2v) is 6.44. The average molecular weight is 332 g/mol. The van der Waals surface area contributed by atoms with Crippen molar-refractivity contribution in [3.05, 3.63) is 66.0 Å². The Morgan fingerprint density at radius 2 is 1.96 bits per heavy atom. The third-order valence-corrected chi connectivity index (χ3v) is 4.82. The van der Waals surface area contributed by atoms with Crippen LogP contribution in [0.3, 0.4) is 0 Å². The number of fused-ring (bicyclic) bond motifs is 1. The number of nitrogens with zero attached hydrogens (tertiary/aromatic N) is 3. The number of hydrogen-bond acceptors (Lipinski definition) is 3. The normalized spacial score (nSPS) is 16.3. The zero-order chi connectivity index (χ0) is 17.2. The van der Waals surface area contributed by atoms with E-state index in [9.17, 15) is 4.79 Å². The fourth-order valence-electron chi connectivity index (χ4n) is 3.56. The minimum atomic E-state index is -0.0995. The molecule has 3 aromatic rings. The first-order chi connectivity index (χ1) is 12.2. The van der Waals surface area contributed by atoms with Crippen LogP contribution in [0.25, 0.3) is 11.4 Å². The summed E-state index contributed by atoms with van der Waals surface area (Å²) in [6, 6.07) is 16.0. The van der Waals surface area contributed by atoms with E-state index in [4.69, 9.17) is 0 Å². The Kier molecular flexibility index (Phi) is 4.06. The van der Waals surface area contributed by atoms with E-state index in [0.29, 0.717) is 0 Å². The molecule has 1 aromatic heterocycles. The number of aryl methyl sites for hydroxylation is 2. The number of aromatic nitrogens is 3. The van der Waals surface area contributed by atoms with Crippen molar-refractivity contribution in [2.24, 2.45) is 7.05 Å². The van der Waals surface area contributed by atoms with E-state index >= 15 is 0 Å². The summed E-state index contributed by atoms with van der Waals surface area (Å²) in [5.74, 6) is 0.680. The standard InChI is InChI=1S/C20H20N4O/c1-24-13-21-23-19(24)17-10-4-5-12-18(17)22-20(25)16-11-6-8-14-7-2-3-9-15(14)16/h2-5,7,9-10,12-13,16H,6,8,11H2,1H3,(H,22,25). The van der Waals surface area contributed by atoms with Crippen molar-refractivity contribution in [3.63, 3.8) is 0 Å². The molecule has 126 valence electrons. The summed E-state index contributed by atoms with van der Waals surface area (Å²) in [6.07, 6.45) is 4.63. The van der Waals surface area contributed by atoms with Crippen LogP contribution in [0.5, 0.6) is 0 Å². The van der Waals surface area contributed by atoms with Crippen molar-refractivity contribution < 1.29 is 4.79 Å². The third kappa shape index (κ3) is 2.93. The van der Waals surface area contributed by atoms with Crippen LogP contribution >= 0.6 is 0 Å². The Hall–Kier alpha value is -2.95. The van der Waals surface area contributed by atoms with Crippen molar-refractivity contribution in [2.75, 3.05) is 5.32 Å². The van der Waals surface area contributed by atoms with Gasteiger partial charge in [0, 0.05) is 12.6 Å². The van der Waals surface area contributed by atoms with Crippen LogP contribution in [0, 0.1) is 0 Å². The van der Waals surface area contributed by atoms with E-state index in [1.807, 2.05) is 48.0 Å². The highest BCUT2D eigenvalue weighted by Gasteiger charge is 2.26. The molecule has 0 fully saturated rings. The van der Waals surface area contributed by atoms with Crippen LogP contribution in [0.1, 0.15) is 29.9 Å². The molecule has 4 rings (SSSR count). The van der Waals surface area contributed by atoms with Crippen LogP contribution in [0.15, 0.2) is 54.9 Å². The van der Waals surface area contributed by atoms with Crippen LogP contribution in [-0.2, 0) is 18.3 Å². The highest BCUT2D eigenvalue weighted by molar-refractivity contribution is 5.99. The summed E-state index contributed by atoms with van der Waals surface area (Å²) in [5.41, 5.74) is 4.09. The Morgan fingerprint density at radius 1 is 1.16 bits per heavy atom. The van der Waals surface area contributed by atoms with Gasteiger partial charge in [0.05, 0.1) is 11.6 Å². The van der Waals surface area contributed by atoms with Gasteiger partial charge in [-0.15, -0.1) is 10.2 Å². The summed E-state index contributed by atoms with van der Waals surface area (Å²) in [5, 5.41) is 11.2. The molecule has 0 aliphatic heterocycles. The highest BCUT2D eigenvalue weighted by atomic mass is 16.1. The van der Waals surface area contributed by atoms with Crippen molar-refractivity contribution >= 4 is 11.6 Å². The van der Waals surface area contributed by atoms with Gasteiger partial charge in [0.15, 0.2) is 5.82 Å². The monoisotopic (exact) mass is 332 g/mol. The van der Waals surface area contributed by atoms with Gasteiger partial charge < -0.3 is 9.88 Å². The van der Waals surface area contributed by atoms with Crippen molar-refractivity contribution in [3.8, 4) is 11.4 Å². The van der Waals surface area contributed by atoms with Gasteiger partial charge in [-0.25, -0.2) is 0 Å². The number of anilines is 1. The lowest BCUT2D eigenvalue weighted by Crippen LogP contribution is -2.25. The van der Waals surface area contributed by atoms with Crippen molar-refractivity contribution in [2.45, 2.75) is 25.2 Å². The van der Waals surface area contributed by atoms with E-state index in [1.54, 1.807) is 6.33 Å². The number of nitrogens with one attached hydrogen (secondary N) is 1. The molecule has 25 heavy (non-hydrogen) atoms. The summed E-state index contributed by atoms with van der Waals surface area (Å²) in [7, 11) is 1.89. The molecule has 1 aliphatic rings.